The molecule has 0 bridgehead atoms. The Morgan fingerprint density at radius 3 is 2.85 bits per heavy atom. The van der Waals surface area contributed by atoms with Crippen LogP contribution in [0.2, 0.25) is 0 Å². The van der Waals surface area contributed by atoms with Gasteiger partial charge in [-0.05, 0) is 26.7 Å². The van der Waals surface area contributed by atoms with Gasteiger partial charge >= 0.3 is 0 Å². The zero-order chi connectivity index (χ0) is 9.47. The van der Waals surface area contributed by atoms with E-state index in [9.17, 15) is 0 Å². The van der Waals surface area contributed by atoms with E-state index >= 15 is 0 Å². The van der Waals surface area contributed by atoms with Crippen molar-refractivity contribution in [3.63, 3.8) is 0 Å². The van der Waals surface area contributed by atoms with Crippen molar-refractivity contribution in [1.82, 2.24) is 5.32 Å². The standard InChI is InChI=1S/C10H17NOS/c1-10(2)11-9(13)7-5-3-4-6-8(7)12-10/h7-8H,3-6H2,1-2H3,(H,11,13)/t7-,8+/m0/s1. The number of hydrogen-bond donors (Lipinski definition) is 1. The quantitative estimate of drug-likeness (QED) is 0.604. The number of thiocarbonyl (C=S) groups is 1. The molecule has 2 nitrogen and oxygen atoms in total. The van der Waals surface area contributed by atoms with E-state index in [2.05, 4.69) is 5.32 Å². The highest BCUT2D eigenvalue weighted by atomic mass is 32.1. The Labute approximate surface area is 85.0 Å². The van der Waals surface area contributed by atoms with Gasteiger partial charge in [-0.2, -0.15) is 0 Å². The summed E-state index contributed by atoms with van der Waals surface area (Å²) in [7, 11) is 0. The SMILES string of the molecule is CC1(C)NC(=S)[C@H]2CCCC[C@H]2O1. The first kappa shape index (κ1) is 9.41. The number of hydrogen-bond acceptors (Lipinski definition) is 2. The normalized spacial score (nSPS) is 37.8. The largest absolute Gasteiger partial charge is 0.353 e. The summed E-state index contributed by atoms with van der Waals surface area (Å²) in [6.07, 6.45) is 5.34. The molecule has 0 amide bonds. The van der Waals surface area contributed by atoms with Crippen molar-refractivity contribution in [2.24, 2.45) is 5.92 Å². The summed E-state index contributed by atoms with van der Waals surface area (Å²) in [4.78, 5) is 1.01. The van der Waals surface area contributed by atoms with Gasteiger partial charge in [0, 0.05) is 5.92 Å². The van der Waals surface area contributed by atoms with Gasteiger partial charge in [0.05, 0.1) is 11.1 Å². The van der Waals surface area contributed by atoms with E-state index in [0.717, 1.165) is 4.99 Å². The van der Waals surface area contributed by atoms with E-state index in [1.54, 1.807) is 0 Å². The molecule has 0 spiro atoms. The molecule has 2 rings (SSSR count). The molecule has 2 atom stereocenters. The molecule has 0 unspecified atom stereocenters. The second-order valence-electron chi connectivity index (χ2n) is 4.55. The van der Waals surface area contributed by atoms with Crippen molar-refractivity contribution in [3.05, 3.63) is 0 Å². The van der Waals surface area contributed by atoms with Crippen LogP contribution in [0.3, 0.4) is 0 Å². The molecule has 2 aliphatic rings. The average molecular weight is 199 g/mol. The Morgan fingerprint density at radius 2 is 2.08 bits per heavy atom. The van der Waals surface area contributed by atoms with E-state index in [1.807, 2.05) is 13.8 Å². The van der Waals surface area contributed by atoms with Gasteiger partial charge in [-0.15, -0.1) is 0 Å². The maximum atomic E-state index is 5.95. The number of fused-ring (bicyclic) bond motifs is 1. The van der Waals surface area contributed by atoms with E-state index in [4.69, 9.17) is 17.0 Å². The van der Waals surface area contributed by atoms with Crippen molar-refractivity contribution >= 4 is 17.2 Å². The van der Waals surface area contributed by atoms with Crippen LogP contribution in [0, 0.1) is 5.92 Å². The van der Waals surface area contributed by atoms with Crippen molar-refractivity contribution in [2.45, 2.75) is 51.4 Å². The molecule has 1 saturated heterocycles. The smallest absolute Gasteiger partial charge is 0.133 e. The molecule has 0 aromatic carbocycles. The van der Waals surface area contributed by atoms with Gasteiger partial charge in [0.2, 0.25) is 0 Å². The van der Waals surface area contributed by atoms with Gasteiger partial charge in [0.1, 0.15) is 5.72 Å². The molecule has 1 aliphatic carbocycles. The van der Waals surface area contributed by atoms with E-state index in [1.165, 1.54) is 25.7 Å². The van der Waals surface area contributed by atoms with Gasteiger partial charge < -0.3 is 10.1 Å². The third-order valence-corrected chi connectivity index (χ3v) is 3.31. The van der Waals surface area contributed by atoms with E-state index in [-0.39, 0.29) is 5.72 Å². The molecule has 0 radical (unpaired) electrons. The summed E-state index contributed by atoms with van der Waals surface area (Å²) >= 11 is 5.36. The molecule has 2 fully saturated rings. The summed E-state index contributed by atoms with van der Waals surface area (Å²) in [5.41, 5.74) is -0.254. The van der Waals surface area contributed by atoms with Crippen LogP contribution in [0.4, 0.5) is 0 Å². The molecule has 1 aliphatic heterocycles. The lowest BCUT2D eigenvalue weighted by atomic mass is 9.84. The first-order chi connectivity index (χ1) is 6.08. The zero-order valence-corrected chi connectivity index (χ0v) is 9.12. The average Bonchev–Trinajstić information content (AvgIpc) is 2.02. The molecular formula is C10H17NOS. The molecule has 74 valence electrons. The van der Waals surface area contributed by atoms with Crippen LogP contribution in [0.25, 0.3) is 0 Å². The monoisotopic (exact) mass is 199 g/mol. The van der Waals surface area contributed by atoms with E-state index in [0.29, 0.717) is 12.0 Å². The first-order valence-corrected chi connectivity index (χ1v) is 5.49. The maximum absolute atomic E-state index is 5.95. The first-order valence-electron chi connectivity index (χ1n) is 5.08. The Bertz CT molecular complexity index is 227. The molecule has 1 saturated carbocycles. The second-order valence-corrected chi connectivity index (χ2v) is 4.99. The lowest BCUT2D eigenvalue weighted by Gasteiger charge is -2.45. The van der Waals surface area contributed by atoms with Crippen molar-refractivity contribution < 1.29 is 4.74 Å². The number of nitrogens with one attached hydrogen (secondary N) is 1. The molecule has 1 N–H and O–H groups in total. The van der Waals surface area contributed by atoms with Gasteiger partial charge in [-0.1, -0.05) is 25.1 Å². The minimum absolute atomic E-state index is 0.254. The predicted octanol–water partition coefficient (Wildman–Crippen LogP) is 2.23. The van der Waals surface area contributed by atoms with Gasteiger partial charge in [0.15, 0.2) is 0 Å². The molecule has 1 heterocycles. The van der Waals surface area contributed by atoms with Crippen LogP contribution in [-0.2, 0) is 4.74 Å². The van der Waals surface area contributed by atoms with Crippen LogP contribution in [0.1, 0.15) is 39.5 Å². The third-order valence-electron chi connectivity index (χ3n) is 2.91. The van der Waals surface area contributed by atoms with Gasteiger partial charge in [0.25, 0.3) is 0 Å². The maximum Gasteiger partial charge on any atom is 0.133 e. The third kappa shape index (κ3) is 1.86. The summed E-state index contributed by atoms with van der Waals surface area (Å²) < 4.78 is 5.95. The number of ether oxygens (including phenoxy) is 1. The Hall–Kier alpha value is -0.150. The fourth-order valence-electron chi connectivity index (χ4n) is 2.34. The van der Waals surface area contributed by atoms with Crippen LogP contribution in [0.5, 0.6) is 0 Å². The summed E-state index contributed by atoms with van der Waals surface area (Å²) in [5.74, 6) is 0.483. The summed E-state index contributed by atoms with van der Waals surface area (Å²) in [5, 5.41) is 3.26. The van der Waals surface area contributed by atoms with Gasteiger partial charge in [-0.25, -0.2) is 0 Å². The molecule has 0 aromatic rings. The lowest BCUT2D eigenvalue weighted by molar-refractivity contribution is -0.121. The second kappa shape index (κ2) is 3.21. The molecule has 13 heavy (non-hydrogen) atoms. The van der Waals surface area contributed by atoms with Crippen molar-refractivity contribution in [1.29, 1.82) is 0 Å². The zero-order valence-electron chi connectivity index (χ0n) is 8.30. The van der Waals surface area contributed by atoms with E-state index < -0.39 is 0 Å². The molecule has 3 heteroatoms. The van der Waals surface area contributed by atoms with Crippen molar-refractivity contribution in [3.8, 4) is 0 Å². The highest BCUT2D eigenvalue weighted by Gasteiger charge is 2.39. The highest BCUT2D eigenvalue weighted by molar-refractivity contribution is 7.80. The Kier molecular flexibility index (Phi) is 2.32. The fourth-order valence-corrected chi connectivity index (χ4v) is 2.85. The fraction of sp³-hybridized carbons (Fsp3) is 0.900. The Balaban J connectivity index is 2.12. The number of rotatable bonds is 0. The summed E-state index contributed by atoms with van der Waals surface area (Å²) in [6.45, 7) is 4.09. The predicted molar refractivity (Wildman–Crippen MR) is 56.6 cm³/mol. The molecular weight excluding hydrogens is 182 g/mol. The molecule has 0 aromatic heterocycles. The van der Waals surface area contributed by atoms with Crippen LogP contribution in [-0.4, -0.2) is 16.8 Å². The van der Waals surface area contributed by atoms with Crippen LogP contribution in [0.15, 0.2) is 0 Å². The lowest BCUT2D eigenvalue weighted by Crippen LogP contribution is -2.58. The van der Waals surface area contributed by atoms with Crippen LogP contribution >= 0.6 is 12.2 Å². The Morgan fingerprint density at radius 1 is 1.38 bits per heavy atom. The minimum atomic E-state index is -0.254. The van der Waals surface area contributed by atoms with Crippen LogP contribution < -0.4 is 5.32 Å². The topological polar surface area (TPSA) is 21.3 Å². The minimum Gasteiger partial charge on any atom is -0.353 e. The van der Waals surface area contributed by atoms with Crippen molar-refractivity contribution in [2.75, 3.05) is 0 Å². The highest BCUT2D eigenvalue weighted by Crippen LogP contribution is 2.33. The van der Waals surface area contributed by atoms with Gasteiger partial charge in [-0.3, -0.25) is 0 Å². The summed E-state index contributed by atoms with van der Waals surface area (Å²) in [6, 6.07) is 0.